The lowest BCUT2D eigenvalue weighted by atomic mass is 10.1. The number of carbonyl (C=O) groups is 3. The lowest BCUT2D eigenvalue weighted by Crippen LogP contribution is -2.51. The van der Waals surface area contributed by atoms with Crippen molar-refractivity contribution >= 4 is 41.4 Å². The number of amides is 3. The topological polar surface area (TPSA) is 86.7 Å². The summed E-state index contributed by atoms with van der Waals surface area (Å²) in [5.41, 5.74) is 1.82. The van der Waals surface area contributed by atoms with Gasteiger partial charge in [0.1, 0.15) is 6.04 Å². The van der Waals surface area contributed by atoms with E-state index in [1.165, 1.54) is 23.5 Å². The molecule has 2 aromatic rings. The van der Waals surface area contributed by atoms with Gasteiger partial charge in [0.05, 0.1) is 0 Å². The molecule has 1 unspecified atom stereocenters. The first-order valence-corrected chi connectivity index (χ1v) is 13.5. The van der Waals surface area contributed by atoms with Gasteiger partial charge in [0, 0.05) is 34.7 Å². The minimum atomic E-state index is -1.12. The number of hydrogen-bond acceptors (Lipinski definition) is 5. The van der Waals surface area contributed by atoms with E-state index >= 15 is 0 Å². The Morgan fingerprint density at radius 1 is 1.00 bits per heavy atom. The molecule has 0 saturated carbocycles. The molecule has 2 N–H and O–H groups in total. The van der Waals surface area contributed by atoms with Crippen LogP contribution in [0.4, 0.5) is 4.79 Å². The minimum Gasteiger partial charge on any atom is -0.480 e. The quantitative estimate of drug-likeness (QED) is 0.471. The van der Waals surface area contributed by atoms with Gasteiger partial charge in [0.25, 0.3) is 5.91 Å². The summed E-state index contributed by atoms with van der Waals surface area (Å²) in [6.07, 6.45) is 1.88. The van der Waals surface area contributed by atoms with Crippen LogP contribution in [0, 0.1) is 17.8 Å². The Kier molecular flexibility index (Phi) is 11.6. The van der Waals surface area contributed by atoms with Crippen molar-refractivity contribution in [2.45, 2.75) is 19.9 Å². The van der Waals surface area contributed by atoms with Gasteiger partial charge in [-0.1, -0.05) is 50.0 Å². The molecule has 2 aromatic carbocycles. The van der Waals surface area contributed by atoms with Gasteiger partial charge < -0.3 is 10.4 Å². The number of nitrogens with zero attached hydrogens (tertiary/aromatic N) is 1. The number of carboxylic acid groups (broad SMARTS) is 1. The molecule has 2 rings (SSSR count). The number of thioether (sulfide) groups is 2. The fourth-order valence-electron chi connectivity index (χ4n) is 2.85. The number of urea groups is 1. The largest absolute Gasteiger partial charge is 0.480 e. The third-order valence-electron chi connectivity index (χ3n) is 4.58. The highest BCUT2D eigenvalue weighted by Crippen LogP contribution is 2.12. The SMILES string of the molecule is CSCCN(C(=O)NC(CSCC(C)C)C(=O)O)C(=O)c1cccc(C#Cc2ccccc2)c1. The van der Waals surface area contributed by atoms with Gasteiger partial charge in [-0.05, 0) is 48.3 Å². The number of imide groups is 1. The van der Waals surface area contributed by atoms with Gasteiger partial charge in [-0.25, -0.2) is 9.59 Å². The van der Waals surface area contributed by atoms with E-state index in [9.17, 15) is 19.5 Å². The van der Waals surface area contributed by atoms with Gasteiger partial charge in [-0.3, -0.25) is 9.69 Å². The Morgan fingerprint density at radius 3 is 2.32 bits per heavy atom. The van der Waals surface area contributed by atoms with Gasteiger partial charge >= 0.3 is 12.0 Å². The molecular weight excluding hydrogens is 468 g/mol. The zero-order chi connectivity index (χ0) is 24.9. The summed E-state index contributed by atoms with van der Waals surface area (Å²) in [5.74, 6) is 6.44. The zero-order valence-corrected chi connectivity index (χ0v) is 21.2. The van der Waals surface area contributed by atoms with Gasteiger partial charge in [-0.2, -0.15) is 23.5 Å². The number of carboxylic acids is 1. The first-order chi connectivity index (χ1) is 16.3. The molecule has 0 aromatic heterocycles. The summed E-state index contributed by atoms with van der Waals surface area (Å²) in [4.78, 5) is 38.9. The van der Waals surface area contributed by atoms with Gasteiger partial charge in [0.2, 0.25) is 0 Å². The number of nitrogens with one attached hydrogen (secondary N) is 1. The molecule has 0 saturated heterocycles. The van der Waals surface area contributed by atoms with Crippen molar-refractivity contribution in [1.82, 2.24) is 10.2 Å². The smallest absolute Gasteiger partial charge is 0.327 e. The molecule has 0 heterocycles. The molecule has 6 nitrogen and oxygen atoms in total. The molecule has 34 heavy (non-hydrogen) atoms. The molecule has 0 aliphatic carbocycles. The molecule has 0 aliphatic rings. The zero-order valence-electron chi connectivity index (χ0n) is 19.6. The Balaban J connectivity index is 2.18. The Labute approximate surface area is 209 Å². The summed E-state index contributed by atoms with van der Waals surface area (Å²) in [6, 6.07) is 14.5. The lowest BCUT2D eigenvalue weighted by molar-refractivity contribution is -0.138. The molecule has 180 valence electrons. The summed E-state index contributed by atoms with van der Waals surface area (Å²) in [5, 5.41) is 12.1. The lowest BCUT2D eigenvalue weighted by Gasteiger charge is -2.24. The van der Waals surface area contributed by atoms with Gasteiger partial charge in [0.15, 0.2) is 0 Å². The van der Waals surface area contributed by atoms with E-state index in [1.54, 1.807) is 24.3 Å². The highest BCUT2D eigenvalue weighted by Gasteiger charge is 2.27. The van der Waals surface area contributed by atoms with Crippen LogP contribution >= 0.6 is 23.5 Å². The fourth-order valence-corrected chi connectivity index (χ4v) is 4.29. The Morgan fingerprint density at radius 2 is 1.68 bits per heavy atom. The summed E-state index contributed by atoms with van der Waals surface area (Å²) in [6.45, 7) is 4.25. The average molecular weight is 499 g/mol. The van der Waals surface area contributed by atoms with Crippen molar-refractivity contribution < 1.29 is 19.5 Å². The molecular formula is C26H30N2O4S2. The van der Waals surface area contributed by atoms with E-state index in [0.29, 0.717) is 22.8 Å². The first-order valence-electron chi connectivity index (χ1n) is 10.9. The van der Waals surface area contributed by atoms with E-state index in [0.717, 1.165) is 16.2 Å². The number of hydrogen-bond donors (Lipinski definition) is 2. The van der Waals surface area contributed by atoms with Crippen molar-refractivity contribution in [2.24, 2.45) is 5.92 Å². The normalized spacial score (nSPS) is 11.3. The van der Waals surface area contributed by atoms with Crippen molar-refractivity contribution in [2.75, 3.05) is 30.1 Å². The van der Waals surface area contributed by atoms with Crippen LogP contribution in [0.15, 0.2) is 54.6 Å². The van der Waals surface area contributed by atoms with Crippen molar-refractivity contribution in [3.05, 3.63) is 71.3 Å². The molecule has 0 radical (unpaired) electrons. The maximum atomic E-state index is 13.2. The molecule has 3 amide bonds. The summed E-state index contributed by atoms with van der Waals surface area (Å²) < 4.78 is 0. The van der Waals surface area contributed by atoms with E-state index in [-0.39, 0.29) is 12.3 Å². The van der Waals surface area contributed by atoms with Crippen molar-refractivity contribution in [1.29, 1.82) is 0 Å². The highest BCUT2D eigenvalue weighted by atomic mass is 32.2. The second-order valence-corrected chi connectivity index (χ2v) is 9.98. The van der Waals surface area contributed by atoms with Crippen molar-refractivity contribution in [3.8, 4) is 11.8 Å². The minimum absolute atomic E-state index is 0.164. The molecule has 1 atom stereocenters. The first kappa shape index (κ1) is 27.4. The van der Waals surface area contributed by atoms with Crippen LogP contribution in [-0.4, -0.2) is 64.0 Å². The third-order valence-corrected chi connectivity index (χ3v) is 6.64. The maximum Gasteiger partial charge on any atom is 0.327 e. The number of aliphatic carboxylic acids is 1. The van der Waals surface area contributed by atoms with E-state index in [2.05, 4.69) is 17.2 Å². The van der Waals surface area contributed by atoms with Crippen LogP contribution in [0.5, 0.6) is 0 Å². The van der Waals surface area contributed by atoms with E-state index in [4.69, 9.17) is 0 Å². The summed E-state index contributed by atoms with van der Waals surface area (Å²) >= 11 is 2.96. The van der Waals surface area contributed by atoms with Crippen LogP contribution in [0.2, 0.25) is 0 Å². The van der Waals surface area contributed by atoms with E-state index in [1.807, 2.05) is 50.4 Å². The predicted octanol–water partition coefficient (Wildman–Crippen LogP) is 4.44. The third kappa shape index (κ3) is 9.16. The van der Waals surface area contributed by atoms with Crippen LogP contribution in [0.25, 0.3) is 0 Å². The average Bonchev–Trinajstić information content (AvgIpc) is 2.82. The second kappa shape index (κ2) is 14.4. The van der Waals surface area contributed by atoms with E-state index < -0.39 is 23.9 Å². The summed E-state index contributed by atoms with van der Waals surface area (Å²) in [7, 11) is 0. The van der Waals surface area contributed by atoms with Crippen LogP contribution in [-0.2, 0) is 4.79 Å². The molecule has 0 bridgehead atoms. The fraction of sp³-hybridized carbons (Fsp3) is 0.346. The van der Waals surface area contributed by atoms with Crippen LogP contribution in [0.3, 0.4) is 0 Å². The molecule has 0 fully saturated rings. The molecule has 8 heteroatoms. The monoisotopic (exact) mass is 498 g/mol. The Hall–Kier alpha value is -2.89. The highest BCUT2D eigenvalue weighted by molar-refractivity contribution is 7.99. The standard InChI is InChI=1S/C26H30N2O4S2/c1-19(2)17-34-18-23(25(30)31)27-26(32)28(14-15-33-3)24(29)22-11-7-10-21(16-22)13-12-20-8-5-4-6-9-20/h4-11,16,19,23H,14-15,17-18H2,1-3H3,(H,27,32)(H,30,31). The Bertz CT molecular complexity index is 1030. The van der Waals surface area contributed by atoms with Crippen LogP contribution in [0.1, 0.15) is 35.3 Å². The van der Waals surface area contributed by atoms with Crippen LogP contribution < -0.4 is 5.32 Å². The predicted molar refractivity (Wildman–Crippen MR) is 140 cm³/mol. The second-order valence-electron chi connectivity index (χ2n) is 7.92. The maximum absolute atomic E-state index is 13.2. The molecule has 0 spiro atoms. The number of rotatable bonds is 10. The number of carbonyl (C=O) groups excluding carboxylic acids is 2. The van der Waals surface area contributed by atoms with Gasteiger partial charge in [-0.15, -0.1) is 0 Å². The molecule has 0 aliphatic heterocycles. The number of benzene rings is 2. The van der Waals surface area contributed by atoms with Crippen molar-refractivity contribution in [3.63, 3.8) is 0 Å².